The number of aromatic nitrogens is 2. The summed E-state index contributed by atoms with van der Waals surface area (Å²) in [7, 11) is 1.38. The second-order valence-corrected chi connectivity index (χ2v) is 11.5. The number of aromatic hydroxyl groups is 1. The highest BCUT2D eigenvalue weighted by atomic mass is 35.5. The molecule has 0 bridgehead atoms. The Morgan fingerprint density at radius 2 is 1.80 bits per heavy atom. The fourth-order valence-corrected chi connectivity index (χ4v) is 6.17. The Kier molecular flexibility index (Phi) is 8.66. The van der Waals surface area contributed by atoms with E-state index in [0.29, 0.717) is 11.3 Å². The van der Waals surface area contributed by atoms with Gasteiger partial charge in [0.05, 0.1) is 33.2 Å². The lowest BCUT2D eigenvalue weighted by Crippen LogP contribution is -2.49. The predicted molar refractivity (Wildman–Crippen MR) is 171 cm³/mol. The van der Waals surface area contributed by atoms with Crippen LogP contribution in [0.4, 0.5) is 14.5 Å². The maximum atomic E-state index is 17.2. The third-order valence-electron chi connectivity index (χ3n) is 8.03. The molecule has 0 aliphatic carbocycles. The Morgan fingerprint density at radius 1 is 1.11 bits per heavy atom. The van der Waals surface area contributed by atoms with Crippen LogP contribution < -0.4 is 15.8 Å². The third kappa shape index (κ3) is 5.31. The van der Waals surface area contributed by atoms with Crippen molar-refractivity contribution in [3.63, 3.8) is 0 Å². The molecule has 2 N–H and O–H groups in total. The minimum Gasteiger partial charge on any atom is -0.507 e. The van der Waals surface area contributed by atoms with Crippen LogP contribution in [0.15, 0.2) is 54.0 Å². The van der Waals surface area contributed by atoms with Gasteiger partial charge < -0.3 is 20.2 Å². The molecule has 1 saturated heterocycles. The van der Waals surface area contributed by atoms with Gasteiger partial charge in [0, 0.05) is 50.4 Å². The SMILES string of the molecule is C=CC(=O)N1CCN(c2c(C(=O)NC)c(=O)n(-c3c(C)ccnc3C(C)C)c3c(F)c(-c4c(O)cccc4F)c(Cl)cc23)CC1. The topological polar surface area (TPSA) is 108 Å². The van der Waals surface area contributed by atoms with Gasteiger partial charge in [-0.1, -0.05) is 38.1 Å². The zero-order chi connectivity index (χ0) is 32.7. The minimum absolute atomic E-state index is 0.108. The molecule has 3 heterocycles. The molecule has 0 unspecified atom stereocenters. The number of phenolic OH excluding ortho intramolecular Hbond substituents is 1. The summed E-state index contributed by atoms with van der Waals surface area (Å²) in [5.41, 5.74) is -0.842. The average molecular weight is 636 g/mol. The van der Waals surface area contributed by atoms with Crippen LogP contribution in [0.3, 0.4) is 0 Å². The van der Waals surface area contributed by atoms with Gasteiger partial charge in [-0.25, -0.2) is 8.78 Å². The zero-order valence-corrected chi connectivity index (χ0v) is 26.0. The van der Waals surface area contributed by atoms with Crippen LogP contribution in [0.1, 0.15) is 41.4 Å². The summed E-state index contributed by atoms with van der Waals surface area (Å²) >= 11 is 6.70. The van der Waals surface area contributed by atoms with Gasteiger partial charge in [-0.2, -0.15) is 0 Å². The van der Waals surface area contributed by atoms with Gasteiger partial charge in [0.15, 0.2) is 5.82 Å². The number of amides is 2. The highest BCUT2D eigenvalue weighted by Crippen LogP contribution is 2.44. The number of anilines is 1. The van der Waals surface area contributed by atoms with Crippen LogP contribution in [0.2, 0.25) is 5.02 Å². The minimum atomic E-state index is -1.07. The quantitative estimate of drug-likeness (QED) is 0.278. The van der Waals surface area contributed by atoms with Crippen LogP contribution in [-0.2, 0) is 4.79 Å². The predicted octanol–water partition coefficient (Wildman–Crippen LogP) is 5.32. The highest BCUT2D eigenvalue weighted by Gasteiger charge is 2.33. The second-order valence-electron chi connectivity index (χ2n) is 11.1. The fourth-order valence-electron chi connectivity index (χ4n) is 5.88. The van der Waals surface area contributed by atoms with Gasteiger partial charge in [-0.15, -0.1) is 0 Å². The molecule has 12 heteroatoms. The summed E-state index contributed by atoms with van der Waals surface area (Å²) in [5, 5.41) is 13.0. The van der Waals surface area contributed by atoms with Crippen LogP contribution in [0.25, 0.3) is 27.7 Å². The number of phenols is 1. The molecular formula is C33H32ClF2N5O4. The smallest absolute Gasteiger partial charge is 0.270 e. The summed E-state index contributed by atoms with van der Waals surface area (Å²) in [4.78, 5) is 48.3. The van der Waals surface area contributed by atoms with Crippen molar-refractivity contribution in [2.75, 3.05) is 38.1 Å². The number of nitrogens with zero attached hydrogens (tertiary/aromatic N) is 4. The van der Waals surface area contributed by atoms with E-state index in [2.05, 4.69) is 16.9 Å². The summed E-state index contributed by atoms with van der Waals surface area (Å²) in [6.45, 7) is 9.93. The van der Waals surface area contributed by atoms with E-state index in [-0.39, 0.29) is 70.9 Å². The van der Waals surface area contributed by atoms with Crippen molar-refractivity contribution in [1.82, 2.24) is 19.8 Å². The standard InChI is InChI=1S/C33H32ClF2N5O4/c1-6-23(43)39-12-14-40(15-13-39)30-19-16-20(34)24(25-21(35)8-7-9-22(25)42)27(36)31(19)41(33(45)26(30)32(44)37-5)29-18(4)10-11-38-28(29)17(2)3/h6-11,16-17,42H,1,12-15H2,2-5H3,(H,37,44). The summed E-state index contributed by atoms with van der Waals surface area (Å²) < 4.78 is 33.5. The summed E-state index contributed by atoms with van der Waals surface area (Å²) in [6.07, 6.45) is 2.79. The van der Waals surface area contributed by atoms with E-state index >= 15 is 8.78 Å². The molecule has 0 saturated carbocycles. The average Bonchev–Trinajstić information content (AvgIpc) is 3.01. The number of hydrogen-bond acceptors (Lipinski definition) is 6. The molecule has 5 rings (SSSR count). The molecule has 0 radical (unpaired) electrons. The first-order valence-corrected chi connectivity index (χ1v) is 14.7. The number of hydrogen-bond donors (Lipinski definition) is 2. The van der Waals surface area contributed by atoms with Gasteiger partial charge >= 0.3 is 0 Å². The number of piperazine rings is 1. The van der Waals surface area contributed by atoms with Crippen LogP contribution in [-0.4, -0.2) is 64.6 Å². The van der Waals surface area contributed by atoms with E-state index in [1.165, 1.54) is 31.3 Å². The number of fused-ring (bicyclic) bond motifs is 1. The van der Waals surface area contributed by atoms with Gasteiger partial charge in [-0.05, 0) is 48.7 Å². The monoisotopic (exact) mass is 635 g/mol. The normalized spacial score (nSPS) is 13.4. The lowest BCUT2D eigenvalue weighted by molar-refractivity contribution is -0.126. The van der Waals surface area contributed by atoms with Crippen molar-refractivity contribution in [3.8, 4) is 22.6 Å². The number of carbonyl (C=O) groups excluding carboxylic acids is 2. The number of benzene rings is 2. The molecule has 45 heavy (non-hydrogen) atoms. The molecule has 2 amide bonds. The van der Waals surface area contributed by atoms with Crippen molar-refractivity contribution in [2.24, 2.45) is 0 Å². The molecule has 0 atom stereocenters. The first kappa shape index (κ1) is 31.6. The Morgan fingerprint density at radius 3 is 2.40 bits per heavy atom. The Balaban J connectivity index is 1.98. The Bertz CT molecular complexity index is 1910. The van der Waals surface area contributed by atoms with Crippen LogP contribution in [0.5, 0.6) is 5.75 Å². The zero-order valence-electron chi connectivity index (χ0n) is 25.2. The lowest BCUT2D eigenvalue weighted by atomic mass is 9.97. The summed E-state index contributed by atoms with van der Waals surface area (Å²) in [5.74, 6) is -3.73. The van der Waals surface area contributed by atoms with Crippen LogP contribution in [0, 0.1) is 18.6 Å². The first-order chi connectivity index (χ1) is 21.4. The molecular weight excluding hydrogens is 604 g/mol. The maximum absolute atomic E-state index is 17.2. The van der Waals surface area contributed by atoms with Crippen molar-refractivity contribution in [1.29, 1.82) is 0 Å². The van der Waals surface area contributed by atoms with Crippen LogP contribution >= 0.6 is 11.6 Å². The number of pyridine rings is 2. The number of nitrogens with one attached hydrogen (secondary N) is 1. The molecule has 1 aliphatic rings. The van der Waals surface area contributed by atoms with Crippen molar-refractivity contribution in [2.45, 2.75) is 26.7 Å². The number of aryl methyl sites for hydroxylation is 1. The van der Waals surface area contributed by atoms with E-state index in [4.69, 9.17) is 11.6 Å². The highest BCUT2D eigenvalue weighted by molar-refractivity contribution is 6.34. The number of halogens is 3. The number of rotatable bonds is 6. The van der Waals surface area contributed by atoms with Crippen molar-refractivity contribution < 1.29 is 23.5 Å². The lowest BCUT2D eigenvalue weighted by Gasteiger charge is -2.37. The molecule has 9 nitrogen and oxygen atoms in total. The molecule has 234 valence electrons. The molecule has 1 aliphatic heterocycles. The Hall–Kier alpha value is -4.77. The van der Waals surface area contributed by atoms with E-state index in [0.717, 1.165) is 10.6 Å². The molecule has 4 aromatic rings. The van der Waals surface area contributed by atoms with Crippen molar-refractivity contribution in [3.05, 3.63) is 93.0 Å². The fraction of sp³-hybridized carbons (Fsp3) is 0.273. The Labute approximate surface area is 263 Å². The second kappa shape index (κ2) is 12.3. The van der Waals surface area contributed by atoms with Gasteiger partial charge in [0.25, 0.3) is 11.5 Å². The first-order valence-electron chi connectivity index (χ1n) is 14.4. The maximum Gasteiger partial charge on any atom is 0.270 e. The van der Waals surface area contributed by atoms with Gasteiger partial charge in [-0.3, -0.25) is 23.9 Å². The molecule has 2 aromatic heterocycles. The van der Waals surface area contributed by atoms with E-state index in [9.17, 15) is 19.5 Å². The third-order valence-corrected chi connectivity index (χ3v) is 8.33. The number of carbonyl (C=O) groups is 2. The van der Waals surface area contributed by atoms with Gasteiger partial charge in [0.2, 0.25) is 5.91 Å². The van der Waals surface area contributed by atoms with E-state index in [1.807, 2.05) is 13.8 Å². The van der Waals surface area contributed by atoms with E-state index in [1.54, 1.807) is 29.0 Å². The largest absolute Gasteiger partial charge is 0.507 e. The molecule has 1 fully saturated rings. The molecule has 0 spiro atoms. The molecule has 2 aromatic carbocycles. The summed E-state index contributed by atoms with van der Waals surface area (Å²) in [6, 6.07) is 6.59. The van der Waals surface area contributed by atoms with E-state index < -0.39 is 40.0 Å². The van der Waals surface area contributed by atoms with Crippen molar-refractivity contribution >= 4 is 40.0 Å². The van der Waals surface area contributed by atoms with Gasteiger partial charge in [0.1, 0.15) is 17.1 Å².